The molecule has 0 saturated carbocycles. The monoisotopic (exact) mass is 192 g/mol. The molecule has 0 radical (unpaired) electrons. The third-order valence-electron chi connectivity index (χ3n) is 1.44. The van der Waals surface area contributed by atoms with Gasteiger partial charge in [0.25, 0.3) is 0 Å². The molecule has 0 atom stereocenters. The Hall–Kier alpha value is -2.06. The van der Waals surface area contributed by atoms with Gasteiger partial charge in [-0.05, 0) is 24.3 Å². The summed E-state index contributed by atoms with van der Waals surface area (Å²) in [4.78, 5) is 20.0. The van der Waals surface area contributed by atoms with Crippen molar-refractivity contribution >= 4 is 12.2 Å². The maximum atomic E-state index is 10.3. The second-order valence-corrected chi connectivity index (χ2v) is 2.35. The number of benzene rings is 1. The Balaban J connectivity index is 2.43. The third kappa shape index (κ3) is 3.13. The van der Waals surface area contributed by atoms with E-state index in [4.69, 9.17) is 4.74 Å². The first-order valence-electron chi connectivity index (χ1n) is 3.86. The van der Waals surface area contributed by atoms with E-state index in [1.165, 1.54) is 5.94 Å². The lowest BCUT2D eigenvalue weighted by Gasteiger charge is -2.03. The lowest BCUT2D eigenvalue weighted by Crippen LogP contribution is -1.98. The predicted molar refractivity (Wildman–Crippen MR) is 48.7 cm³/mol. The van der Waals surface area contributed by atoms with E-state index in [1.807, 2.05) is 0 Å². The fraction of sp³-hybridized carbons (Fsp3) is 0.100. The third-order valence-corrected chi connectivity index (χ3v) is 1.44. The molecule has 0 unspecified atom stereocenters. The second-order valence-electron chi connectivity index (χ2n) is 2.35. The Morgan fingerprint density at radius 3 is 2.57 bits per heavy atom. The highest BCUT2D eigenvalue weighted by molar-refractivity contribution is 5.74. The molecule has 0 aliphatic rings. The minimum absolute atomic E-state index is 0.0598. The summed E-state index contributed by atoms with van der Waals surface area (Å²) in [6.45, 7) is -0.0598. The highest BCUT2D eigenvalue weighted by atomic mass is 16.7. The van der Waals surface area contributed by atoms with E-state index in [0.717, 1.165) is 12.5 Å². The summed E-state index contributed by atoms with van der Waals surface area (Å²) in [5.74, 6) is 2.01. The Labute approximate surface area is 80.8 Å². The smallest absolute Gasteiger partial charge is 0.231 e. The molecule has 0 aliphatic carbocycles. The van der Waals surface area contributed by atoms with Gasteiger partial charge in [0.05, 0.1) is 0 Å². The van der Waals surface area contributed by atoms with Crippen molar-refractivity contribution in [2.75, 3.05) is 6.79 Å². The number of hydrogen-bond acceptors (Lipinski definition) is 4. The van der Waals surface area contributed by atoms with Crippen molar-refractivity contribution in [3.63, 3.8) is 0 Å². The molecule has 0 amide bonds. The van der Waals surface area contributed by atoms with E-state index in [1.54, 1.807) is 24.3 Å². The van der Waals surface area contributed by atoms with Crippen LogP contribution in [0.5, 0.6) is 5.75 Å². The highest BCUT2D eigenvalue weighted by Gasteiger charge is 1.93. The van der Waals surface area contributed by atoms with Crippen molar-refractivity contribution in [1.82, 2.24) is 0 Å². The molecule has 0 aromatic heterocycles. The summed E-state index contributed by atoms with van der Waals surface area (Å²) >= 11 is 0. The van der Waals surface area contributed by atoms with Crippen molar-refractivity contribution in [3.05, 3.63) is 36.1 Å². The van der Waals surface area contributed by atoms with Crippen LogP contribution in [0, 0.1) is 0 Å². The van der Waals surface area contributed by atoms with Crippen molar-refractivity contribution in [3.8, 4) is 5.75 Å². The summed E-state index contributed by atoms with van der Waals surface area (Å²) in [6, 6.07) is 6.52. The first-order valence-corrected chi connectivity index (χ1v) is 3.86. The topological polar surface area (TPSA) is 52.6 Å². The van der Waals surface area contributed by atoms with Crippen LogP contribution in [0.3, 0.4) is 0 Å². The molecule has 0 spiro atoms. The van der Waals surface area contributed by atoms with Crippen LogP contribution in [-0.2, 0) is 9.53 Å². The predicted octanol–water partition coefficient (Wildman–Crippen LogP) is 1.20. The molecular formula is C10H8O4. The lowest BCUT2D eigenvalue weighted by atomic mass is 10.2. The van der Waals surface area contributed by atoms with Gasteiger partial charge in [-0.1, -0.05) is 0 Å². The van der Waals surface area contributed by atoms with E-state index < -0.39 is 0 Å². The Morgan fingerprint density at radius 1 is 1.29 bits per heavy atom. The molecule has 14 heavy (non-hydrogen) atoms. The summed E-state index contributed by atoms with van der Waals surface area (Å²) in [5.41, 5.74) is 0.575. The van der Waals surface area contributed by atoms with Crippen LogP contribution in [-0.4, -0.2) is 19.0 Å². The molecule has 0 bridgehead atoms. The van der Waals surface area contributed by atoms with Crippen molar-refractivity contribution in [2.45, 2.75) is 0 Å². The van der Waals surface area contributed by atoms with Gasteiger partial charge in [0.15, 0.2) is 12.2 Å². The van der Waals surface area contributed by atoms with Gasteiger partial charge >= 0.3 is 0 Å². The average Bonchev–Trinajstić information content (AvgIpc) is 2.25. The molecule has 0 saturated heterocycles. The Morgan fingerprint density at radius 2 is 2.00 bits per heavy atom. The molecule has 4 heteroatoms. The fourth-order valence-electron chi connectivity index (χ4n) is 0.813. The summed E-state index contributed by atoms with van der Waals surface area (Å²) < 4.78 is 9.66. The van der Waals surface area contributed by atoms with Gasteiger partial charge < -0.3 is 9.47 Å². The van der Waals surface area contributed by atoms with E-state index >= 15 is 0 Å². The first kappa shape index (κ1) is 10.0. The van der Waals surface area contributed by atoms with Crippen LogP contribution >= 0.6 is 0 Å². The highest BCUT2D eigenvalue weighted by Crippen LogP contribution is 2.10. The Kier molecular flexibility index (Phi) is 3.98. The summed E-state index contributed by atoms with van der Waals surface area (Å²) in [5, 5.41) is 0. The minimum atomic E-state index is -0.0598. The van der Waals surface area contributed by atoms with Gasteiger partial charge in [-0.2, -0.15) is 0 Å². The molecule has 1 aromatic rings. The van der Waals surface area contributed by atoms with Gasteiger partial charge in [0, 0.05) is 5.56 Å². The van der Waals surface area contributed by atoms with Gasteiger partial charge in [0.1, 0.15) is 12.0 Å². The standard InChI is InChI=1S/C10H8O4/c11-5-6-13-8-14-10-3-1-9(7-12)2-4-10/h1-4,6-7H,8H2. The van der Waals surface area contributed by atoms with Crippen molar-refractivity contribution in [1.29, 1.82) is 0 Å². The number of carbonyl (C=O) groups is 1. The second kappa shape index (κ2) is 5.56. The molecule has 0 aliphatic heterocycles. The zero-order valence-corrected chi connectivity index (χ0v) is 7.30. The van der Waals surface area contributed by atoms with Crippen LogP contribution in [0.1, 0.15) is 10.4 Å². The van der Waals surface area contributed by atoms with Gasteiger partial charge in [-0.25, -0.2) is 4.79 Å². The Bertz CT molecular complexity index is 336. The number of aldehydes is 1. The van der Waals surface area contributed by atoms with Gasteiger partial charge in [-0.3, -0.25) is 4.79 Å². The van der Waals surface area contributed by atoms with Crippen LogP contribution in [0.15, 0.2) is 30.5 Å². The molecule has 0 fully saturated rings. The molecule has 72 valence electrons. The number of hydrogen-bond donors (Lipinski definition) is 0. The largest absolute Gasteiger partial charge is 0.457 e. The number of carbonyl (C=O) groups excluding carboxylic acids is 2. The molecular weight excluding hydrogens is 184 g/mol. The van der Waals surface area contributed by atoms with Crippen LogP contribution < -0.4 is 4.74 Å². The quantitative estimate of drug-likeness (QED) is 0.231. The van der Waals surface area contributed by atoms with Crippen LogP contribution in [0.2, 0.25) is 0 Å². The van der Waals surface area contributed by atoms with Crippen molar-refractivity contribution in [2.24, 2.45) is 0 Å². The minimum Gasteiger partial charge on any atom is -0.457 e. The van der Waals surface area contributed by atoms with Gasteiger partial charge in [-0.15, -0.1) is 0 Å². The number of rotatable bonds is 5. The zero-order valence-electron chi connectivity index (χ0n) is 7.30. The molecule has 0 N–H and O–H groups in total. The maximum Gasteiger partial charge on any atom is 0.231 e. The normalized spacial score (nSPS) is 8.57. The SMILES string of the molecule is O=C=COCOc1ccc(C=O)cc1. The zero-order chi connectivity index (χ0) is 10.2. The summed E-state index contributed by atoms with van der Waals surface area (Å²) in [7, 11) is 0. The van der Waals surface area contributed by atoms with Crippen LogP contribution in [0.4, 0.5) is 0 Å². The first-order chi connectivity index (χ1) is 6.86. The lowest BCUT2D eigenvalue weighted by molar-refractivity contribution is 0.0815. The van der Waals surface area contributed by atoms with E-state index in [9.17, 15) is 9.59 Å². The van der Waals surface area contributed by atoms with E-state index in [-0.39, 0.29) is 6.79 Å². The molecule has 1 rings (SSSR count). The summed E-state index contributed by atoms with van der Waals surface area (Å²) in [6.07, 6.45) is 1.62. The molecule has 1 aromatic carbocycles. The number of ether oxygens (including phenoxy) is 2. The molecule has 4 nitrogen and oxygen atoms in total. The van der Waals surface area contributed by atoms with E-state index in [0.29, 0.717) is 11.3 Å². The maximum absolute atomic E-state index is 10.3. The fourth-order valence-corrected chi connectivity index (χ4v) is 0.813. The van der Waals surface area contributed by atoms with Crippen LogP contribution in [0.25, 0.3) is 0 Å². The van der Waals surface area contributed by atoms with Crippen molar-refractivity contribution < 1.29 is 19.1 Å². The average molecular weight is 192 g/mol. The van der Waals surface area contributed by atoms with Gasteiger partial charge in [0.2, 0.25) is 6.79 Å². The molecule has 0 heterocycles. The van der Waals surface area contributed by atoms with E-state index in [2.05, 4.69) is 4.74 Å².